The minimum absolute atomic E-state index is 0.0367. The number of carbonyl (C=O) groups excluding carboxylic acids is 2. The summed E-state index contributed by atoms with van der Waals surface area (Å²) in [6.45, 7) is 3.78. The number of thiocarbonyl (C=S) groups is 1. The molecule has 1 heterocycles. The molecule has 2 N–H and O–H groups in total. The van der Waals surface area contributed by atoms with Crippen molar-refractivity contribution in [1.29, 1.82) is 0 Å². The normalized spacial score (nSPS) is 16.2. The topological polar surface area (TPSA) is 69.6 Å². The van der Waals surface area contributed by atoms with Gasteiger partial charge in [-0.1, -0.05) is 29.8 Å². The van der Waals surface area contributed by atoms with Crippen molar-refractivity contribution in [3.05, 3.63) is 63.7 Å². The van der Waals surface area contributed by atoms with Gasteiger partial charge in [0.25, 0.3) is 11.8 Å². The van der Waals surface area contributed by atoms with E-state index in [0.717, 1.165) is 11.1 Å². The van der Waals surface area contributed by atoms with Crippen LogP contribution in [0.1, 0.15) is 16.7 Å². The van der Waals surface area contributed by atoms with Crippen molar-refractivity contribution in [2.75, 3.05) is 4.90 Å². The molecule has 0 spiro atoms. The molecule has 3 rings (SSSR count). The molecule has 0 radical (unpaired) electrons. The van der Waals surface area contributed by atoms with Crippen LogP contribution in [0.25, 0.3) is 6.08 Å². The van der Waals surface area contributed by atoms with Gasteiger partial charge in [-0.2, -0.15) is 0 Å². The number of phenols is 1. The van der Waals surface area contributed by atoms with Gasteiger partial charge in [0.05, 0.1) is 10.7 Å². The van der Waals surface area contributed by atoms with Gasteiger partial charge < -0.3 is 5.11 Å². The first-order valence-corrected chi connectivity index (χ1v) is 8.54. The number of halogens is 1. The van der Waals surface area contributed by atoms with Crippen LogP contribution in [0.4, 0.5) is 5.69 Å². The fourth-order valence-corrected chi connectivity index (χ4v) is 3.08. The van der Waals surface area contributed by atoms with Crippen molar-refractivity contribution in [1.82, 2.24) is 5.32 Å². The Bertz CT molecular complexity index is 985. The van der Waals surface area contributed by atoms with Crippen molar-refractivity contribution in [3.63, 3.8) is 0 Å². The average molecular weight is 387 g/mol. The number of hydrogen-bond acceptors (Lipinski definition) is 4. The lowest BCUT2D eigenvalue weighted by Crippen LogP contribution is -2.54. The smallest absolute Gasteiger partial charge is 0.270 e. The third-order valence-corrected chi connectivity index (χ3v) is 4.58. The van der Waals surface area contributed by atoms with Gasteiger partial charge in [-0.3, -0.25) is 19.8 Å². The second-order valence-corrected chi connectivity index (χ2v) is 6.75. The summed E-state index contributed by atoms with van der Waals surface area (Å²) in [7, 11) is 0. The summed E-state index contributed by atoms with van der Waals surface area (Å²) in [6.07, 6.45) is 1.42. The molecule has 2 aromatic carbocycles. The standard InChI is InChI=1S/C19H15ClN2O3S/c1-10-3-4-11(2)15(7-10)22-18(25)13(17(24)21-19(22)26)8-12-5-6-16(23)14(20)9-12/h3-9,23H,1-2H3,(H,21,24,26). The Kier molecular flexibility index (Phi) is 4.80. The van der Waals surface area contributed by atoms with Crippen molar-refractivity contribution in [2.24, 2.45) is 0 Å². The number of nitrogens with zero attached hydrogens (tertiary/aromatic N) is 1. The second-order valence-electron chi connectivity index (χ2n) is 5.96. The molecule has 0 aliphatic carbocycles. The maximum Gasteiger partial charge on any atom is 0.270 e. The zero-order chi connectivity index (χ0) is 19.0. The number of aromatic hydroxyl groups is 1. The van der Waals surface area contributed by atoms with E-state index >= 15 is 0 Å². The quantitative estimate of drug-likeness (QED) is 0.471. The first kappa shape index (κ1) is 18.1. The van der Waals surface area contributed by atoms with E-state index in [1.54, 1.807) is 6.07 Å². The summed E-state index contributed by atoms with van der Waals surface area (Å²) in [5, 5.41) is 12.2. The number of anilines is 1. The van der Waals surface area contributed by atoms with Crippen LogP contribution < -0.4 is 10.2 Å². The summed E-state index contributed by atoms with van der Waals surface area (Å²) in [5.74, 6) is -1.17. The molecule has 0 unspecified atom stereocenters. The van der Waals surface area contributed by atoms with Crippen molar-refractivity contribution < 1.29 is 14.7 Å². The van der Waals surface area contributed by atoms with E-state index in [1.165, 1.54) is 23.1 Å². The molecular weight excluding hydrogens is 372 g/mol. The van der Waals surface area contributed by atoms with Crippen molar-refractivity contribution in [2.45, 2.75) is 13.8 Å². The molecule has 26 heavy (non-hydrogen) atoms. The zero-order valence-electron chi connectivity index (χ0n) is 14.0. The SMILES string of the molecule is Cc1ccc(C)c(N2C(=O)C(=Cc3ccc(O)c(Cl)c3)C(=O)NC2=S)c1. The fourth-order valence-electron chi connectivity index (χ4n) is 2.62. The van der Waals surface area contributed by atoms with E-state index in [4.69, 9.17) is 23.8 Å². The lowest BCUT2D eigenvalue weighted by molar-refractivity contribution is -0.122. The predicted octanol–water partition coefficient (Wildman–Crippen LogP) is 3.49. The Labute approximate surface area is 160 Å². The number of hydrogen-bond donors (Lipinski definition) is 2. The van der Waals surface area contributed by atoms with E-state index in [-0.39, 0.29) is 21.5 Å². The van der Waals surface area contributed by atoms with Gasteiger partial charge in [0.2, 0.25) is 0 Å². The van der Waals surface area contributed by atoms with Gasteiger partial charge in [0.15, 0.2) is 5.11 Å². The third-order valence-electron chi connectivity index (χ3n) is 3.99. The van der Waals surface area contributed by atoms with E-state index < -0.39 is 11.8 Å². The molecule has 1 fully saturated rings. The number of amides is 2. The highest BCUT2D eigenvalue weighted by Crippen LogP contribution is 2.28. The molecular formula is C19H15ClN2O3S. The summed E-state index contributed by atoms with van der Waals surface area (Å²) in [5.41, 5.74) is 2.89. The lowest BCUT2D eigenvalue weighted by atomic mass is 10.0. The molecule has 132 valence electrons. The van der Waals surface area contributed by atoms with Crippen molar-refractivity contribution >= 4 is 52.5 Å². The highest BCUT2D eigenvalue weighted by atomic mass is 35.5. The largest absolute Gasteiger partial charge is 0.506 e. The molecule has 2 amide bonds. The minimum atomic E-state index is -0.578. The highest BCUT2D eigenvalue weighted by Gasteiger charge is 2.35. The molecule has 1 aliphatic heterocycles. The van der Waals surface area contributed by atoms with Crippen molar-refractivity contribution in [3.8, 4) is 5.75 Å². The summed E-state index contributed by atoms with van der Waals surface area (Å²) in [6, 6.07) is 10.1. The van der Waals surface area contributed by atoms with E-state index in [1.807, 2.05) is 32.0 Å². The average Bonchev–Trinajstić information content (AvgIpc) is 2.57. The third kappa shape index (κ3) is 3.34. The number of carbonyl (C=O) groups is 2. The molecule has 0 bridgehead atoms. The predicted molar refractivity (Wildman–Crippen MR) is 105 cm³/mol. The molecule has 0 saturated carbocycles. The van der Waals surface area contributed by atoms with Crippen LogP contribution in [0.2, 0.25) is 5.02 Å². The summed E-state index contributed by atoms with van der Waals surface area (Å²) >= 11 is 11.1. The second kappa shape index (κ2) is 6.90. The highest BCUT2D eigenvalue weighted by molar-refractivity contribution is 7.80. The number of benzene rings is 2. The molecule has 7 heteroatoms. The molecule has 1 aliphatic rings. The van der Waals surface area contributed by atoms with Crippen LogP contribution in [-0.2, 0) is 9.59 Å². The van der Waals surface area contributed by atoms with Gasteiger partial charge in [-0.15, -0.1) is 0 Å². The monoisotopic (exact) mass is 386 g/mol. The number of rotatable bonds is 2. The van der Waals surface area contributed by atoms with E-state index in [2.05, 4.69) is 5.32 Å². The van der Waals surface area contributed by atoms with Gasteiger partial charge in [0, 0.05) is 0 Å². The lowest BCUT2D eigenvalue weighted by Gasteiger charge is -2.30. The van der Waals surface area contributed by atoms with Gasteiger partial charge in [-0.25, -0.2) is 0 Å². The molecule has 1 saturated heterocycles. The molecule has 2 aromatic rings. The summed E-state index contributed by atoms with van der Waals surface area (Å²) < 4.78 is 0. The Morgan fingerprint density at radius 1 is 1.15 bits per heavy atom. The number of nitrogens with one attached hydrogen (secondary N) is 1. The van der Waals surface area contributed by atoms with E-state index in [0.29, 0.717) is 11.3 Å². The van der Waals surface area contributed by atoms with Crippen LogP contribution in [-0.4, -0.2) is 22.0 Å². The van der Waals surface area contributed by atoms with Gasteiger partial charge in [0.1, 0.15) is 11.3 Å². The molecule has 0 atom stereocenters. The van der Waals surface area contributed by atoms with Gasteiger partial charge in [-0.05, 0) is 67.0 Å². The zero-order valence-corrected chi connectivity index (χ0v) is 15.6. The van der Waals surface area contributed by atoms with Crippen LogP contribution >= 0.6 is 23.8 Å². The summed E-state index contributed by atoms with van der Waals surface area (Å²) in [4.78, 5) is 26.6. The number of aryl methyl sites for hydroxylation is 2. The fraction of sp³-hybridized carbons (Fsp3) is 0.105. The first-order valence-electron chi connectivity index (χ1n) is 7.75. The van der Waals surface area contributed by atoms with Gasteiger partial charge >= 0.3 is 0 Å². The minimum Gasteiger partial charge on any atom is -0.506 e. The Balaban J connectivity index is 2.07. The maximum atomic E-state index is 13.0. The Morgan fingerprint density at radius 2 is 1.88 bits per heavy atom. The number of phenolic OH excluding ortho intramolecular Hbond substituents is 1. The Hall–Kier alpha value is -2.70. The van der Waals surface area contributed by atoms with Crippen LogP contribution in [0, 0.1) is 13.8 Å². The molecule has 0 aromatic heterocycles. The molecule has 5 nitrogen and oxygen atoms in total. The van der Waals surface area contributed by atoms with E-state index in [9.17, 15) is 14.7 Å². The van der Waals surface area contributed by atoms with Crippen LogP contribution in [0.3, 0.4) is 0 Å². The maximum absolute atomic E-state index is 13.0. The van der Waals surface area contributed by atoms with Crippen LogP contribution in [0.15, 0.2) is 42.0 Å². The first-order chi connectivity index (χ1) is 12.3. The Morgan fingerprint density at radius 3 is 2.58 bits per heavy atom. The van der Waals surface area contributed by atoms with Crippen LogP contribution in [0.5, 0.6) is 5.75 Å².